The van der Waals surface area contributed by atoms with Crippen LogP contribution in [0.1, 0.15) is 19.8 Å². The Kier molecular flexibility index (Phi) is 8.39. The van der Waals surface area contributed by atoms with Crippen LogP contribution in [0.15, 0.2) is 47.4 Å². The zero-order valence-corrected chi connectivity index (χ0v) is 20.6. The number of hydrogen-bond acceptors (Lipinski definition) is 7. The van der Waals surface area contributed by atoms with Crippen LogP contribution >= 0.6 is 11.3 Å². The summed E-state index contributed by atoms with van der Waals surface area (Å²) in [5.74, 6) is -0.124. The summed E-state index contributed by atoms with van der Waals surface area (Å²) >= 11 is 1.40. The van der Waals surface area contributed by atoms with E-state index < -0.39 is 15.7 Å². The number of ether oxygens (including phenoxy) is 1. The van der Waals surface area contributed by atoms with Crippen molar-refractivity contribution in [2.24, 2.45) is 0 Å². The van der Waals surface area contributed by atoms with E-state index >= 15 is 0 Å². The van der Waals surface area contributed by atoms with Gasteiger partial charge in [-0.1, -0.05) is 11.3 Å². The molecule has 0 N–H and O–H groups in total. The lowest BCUT2D eigenvalue weighted by molar-refractivity contribution is -0.118. The standard InChI is InChI=1S/C23H28FN3O4S2/c1-4-31-18-9-12-20-21(16-18)32-23(25-20)27(14-13-26(2)3)22(28)6-5-15-33(29,30)19-10-7-17(24)8-11-19/h7-12,16H,4-6,13-15H2,1-3H3. The highest BCUT2D eigenvalue weighted by atomic mass is 32.2. The number of thiazole rings is 1. The van der Waals surface area contributed by atoms with E-state index in [-0.39, 0.29) is 29.4 Å². The second-order valence-electron chi connectivity index (χ2n) is 7.78. The highest BCUT2D eigenvalue weighted by molar-refractivity contribution is 7.91. The van der Waals surface area contributed by atoms with Gasteiger partial charge >= 0.3 is 0 Å². The summed E-state index contributed by atoms with van der Waals surface area (Å²) in [4.78, 5) is 21.3. The molecular weight excluding hydrogens is 465 g/mol. The first-order valence-electron chi connectivity index (χ1n) is 10.7. The molecule has 3 rings (SSSR count). The molecule has 0 spiro atoms. The minimum Gasteiger partial charge on any atom is -0.494 e. The van der Waals surface area contributed by atoms with Crippen LogP contribution in [0.25, 0.3) is 10.2 Å². The van der Waals surface area contributed by atoms with E-state index in [2.05, 4.69) is 4.98 Å². The van der Waals surface area contributed by atoms with Crippen LogP contribution in [-0.4, -0.2) is 63.8 Å². The van der Waals surface area contributed by atoms with Crippen LogP contribution in [-0.2, 0) is 14.6 Å². The number of hydrogen-bond donors (Lipinski definition) is 0. The second kappa shape index (κ2) is 11.0. The summed E-state index contributed by atoms with van der Waals surface area (Å²) in [5, 5.41) is 0.576. The van der Waals surface area contributed by atoms with Crippen molar-refractivity contribution >= 4 is 42.4 Å². The molecule has 0 saturated heterocycles. The number of benzene rings is 2. The van der Waals surface area contributed by atoms with Crippen LogP contribution in [0, 0.1) is 5.82 Å². The van der Waals surface area contributed by atoms with E-state index in [9.17, 15) is 17.6 Å². The Bertz CT molecular complexity index is 1190. The molecule has 0 bridgehead atoms. The first-order valence-corrected chi connectivity index (χ1v) is 13.1. The number of aromatic nitrogens is 1. The molecular formula is C23H28FN3O4S2. The van der Waals surface area contributed by atoms with Crippen molar-refractivity contribution in [2.75, 3.05) is 44.4 Å². The molecule has 0 unspecified atom stereocenters. The van der Waals surface area contributed by atoms with Crippen molar-refractivity contribution in [3.8, 4) is 5.75 Å². The molecule has 3 aromatic rings. The van der Waals surface area contributed by atoms with E-state index in [0.717, 1.165) is 28.1 Å². The molecule has 0 aliphatic rings. The van der Waals surface area contributed by atoms with Crippen LogP contribution in [0.5, 0.6) is 5.75 Å². The number of sulfone groups is 1. The average molecular weight is 494 g/mol. The van der Waals surface area contributed by atoms with E-state index in [1.165, 1.54) is 23.5 Å². The van der Waals surface area contributed by atoms with Gasteiger partial charge in [0.2, 0.25) is 5.91 Å². The minimum atomic E-state index is -3.59. The maximum atomic E-state index is 13.1. The monoisotopic (exact) mass is 493 g/mol. The Morgan fingerprint density at radius 1 is 1.12 bits per heavy atom. The Morgan fingerprint density at radius 2 is 1.85 bits per heavy atom. The molecule has 1 amide bonds. The molecule has 0 atom stereocenters. The number of carbonyl (C=O) groups excluding carboxylic acids is 1. The molecule has 0 fully saturated rings. The number of rotatable bonds is 11. The van der Waals surface area contributed by atoms with Crippen LogP contribution in [0.4, 0.5) is 9.52 Å². The smallest absolute Gasteiger partial charge is 0.228 e. The normalized spacial score (nSPS) is 11.8. The largest absolute Gasteiger partial charge is 0.494 e. The van der Waals surface area contributed by atoms with Gasteiger partial charge in [0.25, 0.3) is 0 Å². The molecule has 0 aliphatic carbocycles. The minimum absolute atomic E-state index is 0.0529. The van der Waals surface area contributed by atoms with Crippen molar-refractivity contribution in [3.05, 3.63) is 48.3 Å². The molecule has 10 heteroatoms. The van der Waals surface area contributed by atoms with Gasteiger partial charge in [-0.25, -0.2) is 17.8 Å². The summed E-state index contributed by atoms with van der Waals surface area (Å²) in [7, 11) is 0.250. The molecule has 1 aromatic heterocycles. The zero-order valence-electron chi connectivity index (χ0n) is 19.0. The zero-order chi connectivity index (χ0) is 24.0. The van der Waals surface area contributed by atoms with Crippen molar-refractivity contribution < 1.29 is 22.3 Å². The van der Waals surface area contributed by atoms with E-state index in [4.69, 9.17) is 4.74 Å². The van der Waals surface area contributed by atoms with Crippen molar-refractivity contribution in [1.82, 2.24) is 9.88 Å². The number of anilines is 1. The van der Waals surface area contributed by atoms with Gasteiger partial charge in [-0.15, -0.1) is 0 Å². The molecule has 1 heterocycles. The fourth-order valence-electron chi connectivity index (χ4n) is 3.20. The molecule has 2 aromatic carbocycles. The van der Waals surface area contributed by atoms with Crippen molar-refractivity contribution in [1.29, 1.82) is 0 Å². The topological polar surface area (TPSA) is 79.8 Å². The third kappa shape index (κ3) is 6.72. The molecule has 7 nitrogen and oxygen atoms in total. The predicted molar refractivity (Wildman–Crippen MR) is 129 cm³/mol. The SMILES string of the molecule is CCOc1ccc2nc(N(CCN(C)C)C(=O)CCCS(=O)(=O)c3ccc(F)cc3)sc2c1. The summed E-state index contributed by atoms with van der Waals surface area (Å²) in [5.41, 5.74) is 0.778. The Morgan fingerprint density at radius 3 is 2.52 bits per heavy atom. The summed E-state index contributed by atoms with van der Waals surface area (Å²) in [6, 6.07) is 10.3. The second-order valence-corrected chi connectivity index (χ2v) is 10.9. The third-order valence-electron chi connectivity index (χ3n) is 4.94. The van der Waals surface area contributed by atoms with Crippen LogP contribution < -0.4 is 9.64 Å². The molecule has 0 aliphatic heterocycles. The summed E-state index contributed by atoms with van der Waals surface area (Å²) < 4.78 is 44.6. The third-order valence-corrected chi connectivity index (χ3v) is 7.80. The number of halogens is 1. The Balaban J connectivity index is 1.72. The Labute approximate surface area is 197 Å². The number of nitrogens with zero attached hydrogens (tertiary/aromatic N) is 3. The van der Waals surface area contributed by atoms with Crippen molar-refractivity contribution in [2.45, 2.75) is 24.7 Å². The number of fused-ring (bicyclic) bond motifs is 1. The van der Waals surface area contributed by atoms with E-state index in [1.807, 2.05) is 44.1 Å². The van der Waals surface area contributed by atoms with Gasteiger partial charge in [0.1, 0.15) is 11.6 Å². The first-order chi connectivity index (χ1) is 15.7. The van der Waals surface area contributed by atoms with Gasteiger partial charge in [-0.3, -0.25) is 9.69 Å². The van der Waals surface area contributed by atoms with Gasteiger partial charge in [0.15, 0.2) is 15.0 Å². The lowest BCUT2D eigenvalue weighted by atomic mass is 10.3. The number of carbonyl (C=O) groups is 1. The fraction of sp³-hybridized carbons (Fsp3) is 0.391. The van der Waals surface area contributed by atoms with Crippen molar-refractivity contribution in [3.63, 3.8) is 0 Å². The highest BCUT2D eigenvalue weighted by Crippen LogP contribution is 2.32. The number of amides is 1. The Hall–Kier alpha value is -2.56. The van der Waals surface area contributed by atoms with Crippen LogP contribution in [0.2, 0.25) is 0 Å². The van der Waals surface area contributed by atoms with Gasteiger partial charge < -0.3 is 9.64 Å². The summed E-state index contributed by atoms with van der Waals surface area (Å²) in [6.07, 6.45) is 0.227. The van der Waals surface area contributed by atoms with Gasteiger partial charge in [0.05, 0.1) is 27.5 Å². The summed E-state index contributed by atoms with van der Waals surface area (Å²) in [6.45, 7) is 3.56. The first kappa shape index (κ1) is 25.1. The maximum absolute atomic E-state index is 13.1. The number of likely N-dealkylation sites (N-methyl/N-ethyl adjacent to an activating group) is 1. The highest BCUT2D eigenvalue weighted by Gasteiger charge is 2.22. The average Bonchev–Trinajstić information content (AvgIpc) is 3.17. The molecule has 33 heavy (non-hydrogen) atoms. The van der Waals surface area contributed by atoms with E-state index in [1.54, 1.807) is 4.90 Å². The predicted octanol–water partition coefficient (Wildman–Crippen LogP) is 3.98. The molecule has 178 valence electrons. The lowest BCUT2D eigenvalue weighted by Crippen LogP contribution is -2.36. The lowest BCUT2D eigenvalue weighted by Gasteiger charge is -2.22. The van der Waals surface area contributed by atoms with E-state index in [0.29, 0.717) is 24.8 Å². The van der Waals surface area contributed by atoms with Crippen LogP contribution in [0.3, 0.4) is 0 Å². The molecule has 0 saturated carbocycles. The quantitative estimate of drug-likeness (QED) is 0.376. The van der Waals surface area contributed by atoms with Gasteiger partial charge in [0, 0.05) is 19.5 Å². The van der Waals surface area contributed by atoms with Gasteiger partial charge in [-0.2, -0.15) is 0 Å². The van der Waals surface area contributed by atoms with Gasteiger partial charge in [-0.05, 0) is 69.9 Å². The maximum Gasteiger partial charge on any atom is 0.228 e. The molecule has 0 radical (unpaired) electrons. The fourth-order valence-corrected chi connectivity index (χ4v) is 5.55.